The Bertz CT molecular complexity index is 724. The second-order valence-electron chi connectivity index (χ2n) is 7.47. The number of ether oxygens (including phenoxy) is 1. The lowest BCUT2D eigenvalue weighted by Crippen LogP contribution is -2.40. The maximum atomic E-state index is 12.6. The smallest absolute Gasteiger partial charge is 0.226 e. The van der Waals surface area contributed by atoms with Gasteiger partial charge in [-0.1, -0.05) is 18.2 Å². The van der Waals surface area contributed by atoms with E-state index in [0.717, 1.165) is 50.0 Å². The van der Waals surface area contributed by atoms with Crippen LogP contribution in [0.3, 0.4) is 0 Å². The highest BCUT2D eigenvalue weighted by molar-refractivity contribution is 5.76. The van der Waals surface area contributed by atoms with Crippen LogP contribution in [0.1, 0.15) is 43.8 Å². The summed E-state index contributed by atoms with van der Waals surface area (Å²) in [6.45, 7) is 3.15. The molecule has 1 aliphatic heterocycles. The van der Waals surface area contributed by atoms with Gasteiger partial charge in [0.2, 0.25) is 5.91 Å². The van der Waals surface area contributed by atoms with E-state index < -0.39 is 0 Å². The molecule has 5 nitrogen and oxygen atoms in total. The van der Waals surface area contributed by atoms with Gasteiger partial charge in [0.05, 0.1) is 13.0 Å². The SMILES string of the molecule is O=C(CCOc1ccccc1)N1CCC[C@@H](c2nccn2CC2CC2)C1. The van der Waals surface area contributed by atoms with E-state index >= 15 is 0 Å². The predicted octanol–water partition coefficient (Wildman–Crippen LogP) is 3.47. The van der Waals surface area contributed by atoms with Gasteiger partial charge in [-0.05, 0) is 43.7 Å². The van der Waals surface area contributed by atoms with E-state index in [1.165, 1.54) is 12.8 Å². The van der Waals surface area contributed by atoms with E-state index in [4.69, 9.17) is 4.74 Å². The molecule has 2 fully saturated rings. The Morgan fingerprint density at radius 2 is 2.04 bits per heavy atom. The minimum atomic E-state index is 0.186. The summed E-state index contributed by atoms with van der Waals surface area (Å²) in [6, 6.07) is 9.67. The Morgan fingerprint density at radius 1 is 1.19 bits per heavy atom. The van der Waals surface area contributed by atoms with Crippen molar-refractivity contribution in [3.63, 3.8) is 0 Å². The van der Waals surface area contributed by atoms with Crippen molar-refractivity contribution in [2.24, 2.45) is 5.92 Å². The quantitative estimate of drug-likeness (QED) is 0.766. The van der Waals surface area contributed by atoms with Crippen LogP contribution in [0.4, 0.5) is 0 Å². The first-order valence-electron chi connectivity index (χ1n) is 9.76. The number of hydrogen-bond acceptors (Lipinski definition) is 3. The molecular formula is C21H27N3O2. The first-order chi connectivity index (χ1) is 12.8. The summed E-state index contributed by atoms with van der Waals surface area (Å²) in [5.74, 6) is 3.36. The van der Waals surface area contributed by atoms with Gasteiger partial charge in [0.1, 0.15) is 11.6 Å². The zero-order valence-corrected chi connectivity index (χ0v) is 15.2. The number of hydrogen-bond donors (Lipinski definition) is 0. The molecule has 1 atom stereocenters. The highest BCUT2D eigenvalue weighted by atomic mass is 16.5. The third-order valence-corrected chi connectivity index (χ3v) is 5.37. The van der Waals surface area contributed by atoms with E-state index in [9.17, 15) is 4.79 Å². The largest absolute Gasteiger partial charge is 0.493 e. The molecule has 0 spiro atoms. The van der Waals surface area contributed by atoms with Crippen LogP contribution in [0, 0.1) is 5.92 Å². The van der Waals surface area contributed by atoms with Gasteiger partial charge in [-0.25, -0.2) is 4.98 Å². The van der Waals surface area contributed by atoms with Crippen LogP contribution in [0.15, 0.2) is 42.7 Å². The van der Waals surface area contributed by atoms with E-state index in [0.29, 0.717) is 18.9 Å². The number of para-hydroxylation sites is 1. The van der Waals surface area contributed by atoms with Crippen molar-refractivity contribution in [1.82, 2.24) is 14.5 Å². The van der Waals surface area contributed by atoms with E-state index in [1.54, 1.807) is 0 Å². The molecule has 138 valence electrons. The number of imidazole rings is 1. The molecule has 1 saturated carbocycles. The Balaban J connectivity index is 1.30. The van der Waals surface area contributed by atoms with Gasteiger partial charge < -0.3 is 14.2 Å². The fourth-order valence-electron chi connectivity index (χ4n) is 3.76. The van der Waals surface area contributed by atoms with Gasteiger partial charge in [-0.2, -0.15) is 0 Å². The van der Waals surface area contributed by atoms with Gasteiger partial charge in [0, 0.05) is 37.9 Å². The van der Waals surface area contributed by atoms with E-state index in [-0.39, 0.29) is 5.91 Å². The molecule has 1 saturated heterocycles. The van der Waals surface area contributed by atoms with Gasteiger partial charge in [0.25, 0.3) is 0 Å². The van der Waals surface area contributed by atoms with Crippen LogP contribution < -0.4 is 4.74 Å². The van der Waals surface area contributed by atoms with Crippen molar-refractivity contribution in [1.29, 1.82) is 0 Å². The van der Waals surface area contributed by atoms with Crippen LogP contribution in [0.25, 0.3) is 0 Å². The molecule has 2 aromatic rings. The van der Waals surface area contributed by atoms with Gasteiger partial charge in [-0.3, -0.25) is 4.79 Å². The van der Waals surface area contributed by atoms with Crippen molar-refractivity contribution in [3.05, 3.63) is 48.5 Å². The second-order valence-corrected chi connectivity index (χ2v) is 7.47. The normalized spacial score (nSPS) is 20.2. The fraction of sp³-hybridized carbons (Fsp3) is 0.524. The molecule has 1 aromatic heterocycles. The highest BCUT2D eigenvalue weighted by Gasteiger charge is 2.29. The monoisotopic (exact) mass is 353 g/mol. The summed E-state index contributed by atoms with van der Waals surface area (Å²) < 4.78 is 7.99. The number of carbonyl (C=O) groups excluding carboxylic acids is 1. The molecule has 1 aromatic carbocycles. The Kier molecular flexibility index (Phi) is 5.23. The average Bonchev–Trinajstić information content (AvgIpc) is 3.37. The first kappa shape index (κ1) is 17.1. The zero-order chi connectivity index (χ0) is 17.8. The number of aromatic nitrogens is 2. The van der Waals surface area contributed by atoms with Crippen LogP contribution in [0.2, 0.25) is 0 Å². The van der Waals surface area contributed by atoms with Gasteiger partial charge in [0.15, 0.2) is 0 Å². The molecule has 0 radical (unpaired) electrons. The lowest BCUT2D eigenvalue weighted by Gasteiger charge is -2.32. The zero-order valence-electron chi connectivity index (χ0n) is 15.2. The van der Waals surface area contributed by atoms with Crippen molar-refractivity contribution < 1.29 is 9.53 Å². The van der Waals surface area contributed by atoms with Gasteiger partial charge >= 0.3 is 0 Å². The minimum absolute atomic E-state index is 0.186. The van der Waals surface area contributed by atoms with Crippen LogP contribution >= 0.6 is 0 Å². The van der Waals surface area contributed by atoms with Crippen LogP contribution in [-0.2, 0) is 11.3 Å². The number of likely N-dealkylation sites (tertiary alicyclic amines) is 1. The molecule has 0 bridgehead atoms. The highest BCUT2D eigenvalue weighted by Crippen LogP contribution is 2.33. The molecular weight excluding hydrogens is 326 g/mol. The molecule has 26 heavy (non-hydrogen) atoms. The second kappa shape index (κ2) is 7.94. The molecule has 4 rings (SSSR count). The fourth-order valence-corrected chi connectivity index (χ4v) is 3.76. The van der Waals surface area contributed by atoms with E-state index in [1.807, 2.05) is 41.4 Å². The van der Waals surface area contributed by atoms with E-state index in [2.05, 4.69) is 15.7 Å². The molecule has 1 amide bonds. The van der Waals surface area contributed by atoms with Gasteiger partial charge in [-0.15, -0.1) is 0 Å². The maximum absolute atomic E-state index is 12.6. The first-order valence-corrected chi connectivity index (χ1v) is 9.76. The number of carbonyl (C=O) groups is 1. The maximum Gasteiger partial charge on any atom is 0.226 e. The number of benzene rings is 1. The lowest BCUT2D eigenvalue weighted by atomic mass is 9.96. The number of rotatable bonds is 7. The molecule has 0 unspecified atom stereocenters. The summed E-state index contributed by atoms with van der Waals surface area (Å²) in [6.07, 6.45) is 9.28. The van der Waals surface area contributed by atoms with Crippen LogP contribution in [-0.4, -0.2) is 40.1 Å². The Hall–Kier alpha value is -2.30. The molecule has 2 heterocycles. The van der Waals surface area contributed by atoms with Crippen molar-refractivity contribution in [2.75, 3.05) is 19.7 Å². The molecule has 2 aliphatic rings. The molecule has 0 N–H and O–H groups in total. The minimum Gasteiger partial charge on any atom is -0.493 e. The molecule has 1 aliphatic carbocycles. The van der Waals surface area contributed by atoms with Crippen LogP contribution in [0.5, 0.6) is 5.75 Å². The summed E-state index contributed by atoms with van der Waals surface area (Å²) in [5.41, 5.74) is 0. The van der Waals surface area contributed by atoms with Crippen molar-refractivity contribution >= 4 is 5.91 Å². The Morgan fingerprint density at radius 3 is 2.85 bits per heavy atom. The summed E-state index contributed by atoms with van der Waals surface area (Å²) in [5, 5.41) is 0. The number of piperidine rings is 1. The number of nitrogens with zero attached hydrogens (tertiary/aromatic N) is 3. The van der Waals surface area contributed by atoms with Crippen molar-refractivity contribution in [2.45, 2.75) is 44.6 Å². The third kappa shape index (κ3) is 4.26. The average molecular weight is 353 g/mol. The summed E-state index contributed by atoms with van der Waals surface area (Å²) in [7, 11) is 0. The molecule has 5 heteroatoms. The summed E-state index contributed by atoms with van der Waals surface area (Å²) >= 11 is 0. The standard InChI is InChI=1S/C21H27N3O2/c25-20(10-14-26-19-6-2-1-3-7-19)23-12-4-5-18(16-23)21-22-11-13-24(21)15-17-8-9-17/h1-3,6-7,11,13,17-18H,4-5,8-10,12,14-16H2/t18-/m1/s1. The topological polar surface area (TPSA) is 47.4 Å². The Labute approximate surface area is 155 Å². The number of amides is 1. The summed E-state index contributed by atoms with van der Waals surface area (Å²) in [4.78, 5) is 19.2. The van der Waals surface area contributed by atoms with Crippen molar-refractivity contribution in [3.8, 4) is 5.75 Å². The predicted molar refractivity (Wildman–Crippen MR) is 100 cm³/mol. The lowest BCUT2D eigenvalue weighted by molar-refractivity contribution is -0.133. The third-order valence-electron chi connectivity index (χ3n) is 5.37.